The lowest BCUT2D eigenvalue weighted by molar-refractivity contribution is -0.131. The highest BCUT2D eigenvalue weighted by Gasteiger charge is 2.20. The third-order valence-corrected chi connectivity index (χ3v) is 6.31. The number of nitrogens with two attached hydrogens (primary N) is 1. The van der Waals surface area contributed by atoms with E-state index in [4.69, 9.17) is 22.1 Å². The molecule has 0 bridgehead atoms. The summed E-state index contributed by atoms with van der Waals surface area (Å²) in [4.78, 5) is 16.8. The Morgan fingerprint density at radius 3 is 2.59 bits per heavy atom. The molecule has 1 heterocycles. The molecular weight excluding hydrogens is 494 g/mol. The molecule has 32 heavy (non-hydrogen) atoms. The van der Waals surface area contributed by atoms with E-state index in [1.54, 1.807) is 12.0 Å². The summed E-state index contributed by atoms with van der Waals surface area (Å²) in [5.74, 6) is 0.979. The molecule has 0 aliphatic rings. The summed E-state index contributed by atoms with van der Waals surface area (Å²) in [6.07, 6.45) is 0. The Morgan fingerprint density at radius 2 is 1.94 bits per heavy atom. The normalized spacial score (nSPS) is 10.8. The van der Waals surface area contributed by atoms with Crippen molar-refractivity contribution in [1.29, 1.82) is 0 Å². The molecule has 0 saturated carbocycles. The topological polar surface area (TPSA) is 76.6 Å². The molecule has 1 amide bonds. The predicted octanol–water partition coefficient (Wildman–Crippen LogP) is 4.54. The zero-order valence-corrected chi connectivity index (χ0v) is 20.7. The Kier molecular flexibility index (Phi) is 8.04. The van der Waals surface area contributed by atoms with Crippen molar-refractivity contribution >= 4 is 44.9 Å². The number of carbonyl (C=O) groups excluding carboxylic acids is 1. The minimum Gasteiger partial charge on any atom is -0.495 e. The van der Waals surface area contributed by atoms with E-state index in [9.17, 15) is 4.79 Å². The first-order valence-electron chi connectivity index (χ1n) is 10.2. The number of aromatic nitrogens is 2. The summed E-state index contributed by atoms with van der Waals surface area (Å²) in [5.41, 5.74) is 8.58. The molecule has 3 aromatic rings. The Bertz CT molecular complexity index is 1070. The van der Waals surface area contributed by atoms with Crippen LogP contribution < -0.4 is 15.4 Å². The number of hydrogen-bond donors (Lipinski definition) is 1. The van der Waals surface area contributed by atoms with Crippen LogP contribution in [-0.4, -0.2) is 54.4 Å². The number of ether oxygens (including phenoxy) is 1. The van der Waals surface area contributed by atoms with Gasteiger partial charge in [0.05, 0.1) is 11.6 Å². The van der Waals surface area contributed by atoms with E-state index in [1.165, 1.54) is 4.68 Å². The maximum atomic E-state index is 13.0. The van der Waals surface area contributed by atoms with Crippen LogP contribution >= 0.6 is 27.5 Å². The maximum absolute atomic E-state index is 13.0. The van der Waals surface area contributed by atoms with Crippen LogP contribution in [-0.2, 0) is 11.3 Å². The fraction of sp³-hybridized carbons (Fsp3) is 0.304. The van der Waals surface area contributed by atoms with Gasteiger partial charge in [-0.2, -0.15) is 5.10 Å². The Morgan fingerprint density at radius 1 is 1.22 bits per heavy atom. The van der Waals surface area contributed by atoms with Crippen molar-refractivity contribution in [1.82, 2.24) is 14.7 Å². The van der Waals surface area contributed by atoms with Gasteiger partial charge in [-0.15, -0.1) is 0 Å². The van der Waals surface area contributed by atoms with E-state index in [0.29, 0.717) is 30.4 Å². The average molecular weight is 521 g/mol. The van der Waals surface area contributed by atoms with E-state index in [1.807, 2.05) is 62.5 Å². The molecule has 0 unspecified atom stereocenters. The molecule has 0 spiro atoms. The van der Waals surface area contributed by atoms with Gasteiger partial charge in [-0.25, -0.2) is 4.68 Å². The van der Waals surface area contributed by atoms with Crippen molar-refractivity contribution in [2.45, 2.75) is 13.5 Å². The van der Waals surface area contributed by atoms with Crippen LogP contribution in [0.1, 0.15) is 6.92 Å². The van der Waals surface area contributed by atoms with Crippen molar-refractivity contribution in [3.8, 4) is 17.0 Å². The smallest absolute Gasteiger partial charge is 0.244 e. The first-order valence-corrected chi connectivity index (χ1v) is 11.4. The lowest BCUT2D eigenvalue weighted by Gasteiger charge is -2.26. The molecule has 9 heteroatoms. The molecule has 0 aliphatic heterocycles. The number of carbonyl (C=O) groups is 1. The van der Waals surface area contributed by atoms with Crippen LogP contribution in [0.25, 0.3) is 11.3 Å². The van der Waals surface area contributed by atoms with Crippen molar-refractivity contribution < 1.29 is 9.53 Å². The average Bonchev–Trinajstić information content (AvgIpc) is 3.08. The van der Waals surface area contributed by atoms with Gasteiger partial charge in [-0.3, -0.25) is 4.79 Å². The van der Waals surface area contributed by atoms with Crippen molar-refractivity contribution in [2.75, 3.05) is 44.4 Å². The number of amides is 1. The summed E-state index contributed by atoms with van der Waals surface area (Å²) >= 11 is 9.87. The van der Waals surface area contributed by atoms with Gasteiger partial charge >= 0.3 is 0 Å². The van der Waals surface area contributed by atoms with Crippen LogP contribution in [0.3, 0.4) is 0 Å². The largest absolute Gasteiger partial charge is 0.495 e. The molecule has 0 saturated heterocycles. The molecule has 2 N–H and O–H groups in total. The molecule has 3 rings (SSSR count). The maximum Gasteiger partial charge on any atom is 0.244 e. The monoisotopic (exact) mass is 519 g/mol. The third-order valence-electron chi connectivity index (χ3n) is 5.28. The quantitative estimate of drug-likeness (QED) is 0.448. The summed E-state index contributed by atoms with van der Waals surface area (Å²) in [5, 5.41) is 4.85. The van der Waals surface area contributed by atoms with Gasteiger partial charge in [0.1, 0.15) is 28.8 Å². The predicted molar refractivity (Wildman–Crippen MR) is 133 cm³/mol. The number of nitrogen functional groups attached to an aromatic ring is 1. The van der Waals surface area contributed by atoms with Gasteiger partial charge in [0.2, 0.25) is 5.91 Å². The number of benzene rings is 2. The highest BCUT2D eigenvalue weighted by Crippen LogP contribution is 2.32. The number of nitrogens with zero attached hydrogens (tertiary/aromatic N) is 4. The molecule has 170 valence electrons. The van der Waals surface area contributed by atoms with Gasteiger partial charge in [0, 0.05) is 44.0 Å². The first-order chi connectivity index (χ1) is 15.3. The SMILES string of the molecule is CCN(CCN(C)c1ccc(Br)c(OC)c1)C(=O)Cn1nc(-c2ccccc2)c(Cl)c1N. The number of anilines is 2. The summed E-state index contributed by atoms with van der Waals surface area (Å²) in [6.45, 7) is 3.79. The van der Waals surface area contributed by atoms with E-state index in [0.717, 1.165) is 21.5 Å². The van der Waals surface area contributed by atoms with Crippen LogP contribution in [0, 0.1) is 0 Å². The molecule has 0 aliphatic carbocycles. The van der Waals surface area contributed by atoms with Crippen molar-refractivity contribution in [2.24, 2.45) is 0 Å². The van der Waals surface area contributed by atoms with Gasteiger partial charge in [-0.1, -0.05) is 41.9 Å². The van der Waals surface area contributed by atoms with Crippen LogP contribution in [0.4, 0.5) is 11.5 Å². The van der Waals surface area contributed by atoms with E-state index in [-0.39, 0.29) is 18.3 Å². The second-order valence-corrected chi connectivity index (χ2v) is 8.52. The van der Waals surface area contributed by atoms with E-state index in [2.05, 4.69) is 25.9 Å². The fourth-order valence-electron chi connectivity index (χ4n) is 3.33. The zero-order chi connectivity index (χ0) is 23.3. The molecule has 0 fully saturated rings. The molecule has 7 nitrogen and oxygen atoms in total. The Balaban J connectivity index is 1.66. The third kappa shape index (κ3) is 5.37. The number of methoxy groups -OCH3 is 1. The summed E-state index contributed by atoms with van der Waals surface area (Å²) < 4.78 is 7.74. The number of halogens is 2. The first kappa shape index (κ1) is 23.9. The van der Waals surface area contributed by atoms with Crippen LogP contribution in [0.15, 0.2) is 53.0 Å². The standard InChI is InChI=1S/C23H27BrClN5O2/c1-4-29(13-12-28(2)17-10-11-18(24)19(14-17)32-3)20(31)15-30-23(26)21(25)22(27-30)16-8-6-5-7-9-16/h5-11,14H,4,12-13,15,26H2,1-3H3. The van der Waals surface area contributed by atoms with Crippen LogP contribution in [0.5, 0.6) is 5.75 Å². The molecule has 1 aromatic heterocycles. The number of likely N-dealkylation sites (N-methyl/N-ethyl adjacent to an activating group) is 2. The second-order valence-electron chi connectivity index (χ2n) is 7.29. The lowest BCUT2D eigenvalue weighted by Crippen LogP contribution is -2.39. The van der Waals surface area contributed by atoms with Gasteiger partial charge < -0.3 is 20.3 Å². The second kappa shape index (κ2) is 10.7. The summed E-state index contributed by atoms with van der Waals surface area (Å²) in [6, 6.07) is 15.5. The Labute approximate surface area is 201 Å². The minimum absolute atomic E-state index is 0.0298. The van der Waals surface area contributed by atoms with E-state index < -0.39 is 0 Å². The van der Waals surface area contributed by atoms with Gasteiger partial charge in [0.15, 0.2) is 0 Å². The fourth-order valence-corrected chi connectivity index (χ4v) is 3.98. The molecule has 0 atom stereocenters. The van der Waals surface area contributed by atoms with E-state index >= 15 is 0 Å². The van der Waals surface area contributed by atoms with Crippen LogP contribution in [0.2, 0.25) is 5.02 Å². The highest BCUT2D eigenvalue weighted by molar-refractivity contribution is 9.10. The molecule has 2 aromatic carbocycles. The lowest BCUT2D eigenvalue weighted by atomic mass is 10.1. The molecular formula is C23H27BrClN5O2. The van der Waals surface area contributed by atoms with Crippen molar-refractivity contribution in [3.05, 3.63) is 58.0 Å². The number of hydrogen-bond acceptors (Lipinski definition) is 5. The summed E-state index contributed by atoms with van der Waals surface area (Å²) in [7, 11) is 3.62. The number of rotatable bonds is 9. The van der Waals surface area contributed by atoms with Crippen molar-refractivity contribution in [3.63, 3.8) is 0 Å². The minimum atomic E-state index is -0.0697. The Hall–Kier alpha value is -2.71. The molecule has 0 radical (unpaired) electrons. The highest BCUT2D eigenvalue weighted by atomic mass is 79.9. The zero-order valence-electron chi connectivity index (χ0n) is 18.4. The van der Waals surface area contributed by atoms with Gasteiger partial charge in [0.25, 0.3) is 0 Å². The van der Waals surface area contributed by atoms with Gasteiger partial charge in [-0.05, 0) is 35.0 Å².